The fraction of sp³-hybridized carbons (Fsp3) is 0.317. The number of benzene rings is 4. The van der Waals surface area contributed by atoms with E-state index in [4.69, 9.17) is 26.0 Å². The van der Waals surface area contributed by atoms with Gasteiger partial charge in [0, 0.05) is 79.8 Å². The molecule has 53 heavy (non-hydrogen) atoms. The van der Waals surface area contributed by atoms with Crippen molar-refractivity contribution in [1.29, 1.82) is 0 Å². The van der Waals surface area contributed by atoms with Gasteiger partial charge >= 0.3 is 5.97 Å². The van der Waals surface area contributed by atoms with Crippen LogP contribution >= 0.6 is 0 Å². The van der Waals surface area contributed by atoms with E-state index in [0.29, 0.717) is 54.5 Å². The van der Waals surface area contributed by atoms with E-state index in [-0.39, 0.29) is 36.1 Å². The summed E-state index contributed by atoms with van der Waals surface area (Å²) in [4.78, 5) is 17.1. The molecule has 282 valence electrons. The van der Waals surface area contributed by atoms with E-state index in [2.05, 4.69) is 11.6 Å². The molecule has 0 atom stereocenters. The van der Waals surface area contributed by atoms with E-state index < -0.39 is 23.5 Å². The molecule has 4 aromatic rings. The number of aryl methyl sites for hydroxylation is 1. The smallest absolute Gasteiger partial charge is 0.303 e. The summed E-state index contributed by atoms with van der Waals surface area (Å²) in [5.74, 6) is -3.66. The summed E-state index contributed by atoms with van der Waals surface area (Å²) < 4.78 is 66.8. The SMILES string of the molecule is C=C(N)c1c(F)ccc(/C(C(C)=NC)=C(\C)N)c1F.COc1ccc(CN2CCC(F)(F)CC2)c(OC)c1-c1cccc2c(CCC(=O)O)cccc12. The maximum atomic E-state index is 14.4. The molecule has 0 amide bonds. The average molecular weight is 735 g/mol. The van der Waals surface area contributed by atoms with Gasteiger partial charge in [-0.2, -0.15) is 0 Å². The third kappa shape index (κ3) is 9.36. The quantitative estimate of drug-likeness (QED) is 0.104. The number of hydrogen-bond acceptors (Lipinski definition) is 7. The number of alkyl halides is 2. The van der Waals surface area contributed by atoms with Crippen molar-refractivity contribution in [3.05, 3.63) is 107 Å². The Labute approximate surface area is 307 Å². The van der Waals surface area contributed by atoms with Gasteiger partial charge in [-0.1, -0.05) is 49.0 Å². The summed E-state index contributed by atoms with van der Waals surface area (Å²) in [6.07, 6.45) is 0.214. The minimum absolute atomic E-state index is 0.0559. The first-order valence-corrected chi connectivity index (χ1v) is 17.0. The molecule has 0 unspecified atom stereocenters. The van der Waals surface area contributed by atoms with Gasteiger partial charge in [-0.15, -0.1) is 0 Å². The number of nitrogens with zero attached hydrogens (tertiary/aromatic N) is 2. The highest BCUT2D eigenvalue weighted by Gasteiger charge is 2.34. The topological polar surface area (TPSA) is 123 Å². The molecule has 1 aliphatic heterocycles. The van der Waals surface area contributed by atoms with Crippen LogP contribution in [-0.4, -0.2) is 62.0 Å². The Morgan fingerprint density at radius 3 is 2.19 bits per heavy atom. The van der Waals surface area contributed by atoms with Gasteiger partial charge in [0.15, 0.2) is 0 Å². The van der Waals surface area contributed by atoms with Crippen LogP contribution < -0.4 is 20.9 Å². The van der Waals surface area contributed by atoms with E-state index in [1.54, 1.807) is 35.1 Å². The monoisotopic (exact) mass is 734 g/mol. The number of piperidine rings is 1. The van der Waals surface area contributed by atoms with Crippen LogP contribution in [0.4, 0.5) is 17.6 Å². The summed E-state index contributed by atoms with van der Waals surface area (Å²) in [6, 6.07) is 18.1. The molecule has 0 aliphatic carbocycles. The number of methoxy groups -OCH3 is 2. The number of allylic oxidation sites excluding steroid dienone is 2. The molecule has 0 spiro atoms. The predicted octanol–water partition coefficient (Wildman–Crippen LogP) is 8.45. The third-order valence-electron chi connectivity index (χ3n) is 9.27. The molecule has 1 fully saturated rings. The van der Waals surface area contributed by atoms with Gasteiger partial charge in [-0.05, 0) is 60.4 Å². The highest BCUT2D eigenvalue weighted by atomic mass is 19.3. The second-order valence-electron chi connectivity index (χ2n) is 12.9. The number of halogens is 4. The number of aliphatic imine (C=N–C) groups is 1. The molecule has 12 heteroatoms. The number of likely N-dealkylation sites (tertiary alicyclic amines) is 1. The molecular formula is C41H46F4N4O4. The van der Waals surface area contributed by atoms with E-state index in [1.807, 2.05) is 53.4 Å². The fourth-order valence-electron chi connectivity index (χ4n) is 6.57. The lowest BCUT2D eigenvalue weighted by atomic mass is 9.92. The number of ether oxygens (including phenoxy) is 2. The second-order valence-corrected chi connectivity index (χ2v) is 12.9. The van der Waals surface area contributed by atoms with Crippen molar-refractivity contribution < 1.29 is 36.9 Å². The van der Waals surface area contributed by atoms with Crippen LogP contribution in [0.25, 0.3) is 33.2 Å². The zero-order valence-corrected chi connectivity index (χ0v) is 30.7. The zero-order valence-electron chi connectivity index (χ0n) is 30.7. The molecule has 4 aromatic carbocycles. The van der Waals surface area contributed by atoms with E-state index >= 15 is 0 Å². The number of aliphatic carboxylic acids is 1. The molecule has 0 bridgehead atoms. The van der Waals surface area contributed by atoms with Crippen LogP contribution in [0.1, 0.15) is 55.4 Å². The first-order chi connectivity index (χ1) is 25.1. The first-order valence-electron chi connectivity index (χ1n) is 17.0. The van der Waals surface area contributed by atoms with Gasteiger partial charge in [0.1, 0.15) is 23.1 Å². The molecule has 0 aromatic heterocycles. The predicted molar refractivity (Wildman–Crippen MR) is 203 cm³/mol. The number of carboxylic acids is 1. The maximum Gasteiger partial charge on any atom is 0.303 e. The lowest BCUT2D eigenvalue weighted by Crippen LogP contribution is -2.38. The van der Waals surface area contributed by atoms with Crippen molar-refractivity contribution in [3.8, 4) is 22.6 Å². The standard InChI is InChI=1S/C27H29F2NO4.C14H17F2N3/c1-33-23-11-9-19(17-30-15-13-27(28,29)14-16-30)26(34-2)25(23)22-8-4-6-20-18(10-12-24(31)32)5-3-7-21(20)22;1-7(17)12(9(3)19-4)10-5-6-11(15)13(8(2)18)14(10)16/h3-9,11H,10,12-17H2,1-2H3,(H,31,32);5-6H,2,17-18H2,1,3-4H3/b;12-7+,19-9?. The summed E-state index contributed by atoms with van der Waals surface area (Å²) in [7, 11) is 4.78. The molecule has 8 nitrogen and oxygen atoms in total. The maximum absolute atomic E-state index is 14.4. The van der Waals surface area contributed by atoms with Gasteiger partial charge in [-0.3, -0.25) is 14.7 Å². The normalized spacial score (nSPS) is 14.9. The number of hydrogen-bond donors (Lipinski definition) is 3. The largest absolute Gasteiger partial charge is 0.496 e. The van der Waals surface area contributed by atoms with Crippen molar-refractivity contribution in [2.75, 3.05) is 34.4 Å². The van der Waals surface area contributed by atoms with E-state index in [0.717, 1.165) is 39.1 Å². The van der Waals surface area contributed by atoms with Gasteiger partial charge in [0.25, 0.3) is 5.92 Å². The highest BCUT2D eigenvalue weighted by molar-refractivity contribution is 6.23. The van der Waals surface area contributed by atoms with E-state index in [1.165, 1.54) is 6.07 Å². The molecule has 1 heterocycles. The summed E-state index contributed by atoms with van der Waals surface area (Å²) in [5.41, 5.74) is 15.8. The van der Waals surface area contributed by atoms with Crippen molar-refractivity contribution in [2.45, 2.75) is 52.0 Å². The van der Waals surface area contributed by atoms with Gasteiger partial charge < -0.3 is 26.0 Å². The van der Waals surface area contributed by atoms with Crippen molar-refractivity contribution >= 4 is 33.7 Å². The summed E-state index contributed by atoms with van der Waals surface area (Å²) >= 11 is 0. The Kier molecular flexibility index (Phi) is 13.3. The second kappa shape index (κ2) is 17.4. The van der Waals surface area contributed by atoms with Gasteiger partial charge in [0.05, 0.1) is 25.3 Å². The molecule has 1 saturated heterocycles. The first kappa shape index (κ1) is 40.4. The molecule has 0 radical (unpaired) electrons. The zero-order chi connectivity index (χ0) is 39.0. The molecule has 0 saturated carbocycles. The summed E-state index contributed by atoms with van der Waals surface area (Å²) in [6.45, 7) is 7.88. The van der Waals surface area contributed by atoms with Crippen molar-refractivity contribution in [2.24, 2.45) is 16.5 Å². The fourth-order valence-corrected chi connectivity index (χ4v) is 6.57. The molecular weight excluding hydrogens is 688 g/mol. The Morgan fingerprint density at radius 2 is 1.60 bits per heavy atom. The Morgan fingerprint density at radius 1 is 0.943 bits per heavy atom. The average Bonchev–Trinajstić information content (AvgIpc) is 3.12. The number of nitrogens with two attached hydrogens (primary N) is 2. The number of fused-ring (bicyclic) bond motifs is 1. The van der Waals surface area contributed by atoms with Crippen LogP contribution in [0, 0.1) is 11.6 Å². The third-order valence-corrected chi connectivity index (χ3v) is 9.27. The lowest BCUT2D eigenvalue weighted by molar-refractivity contribution is -0.136. The van der Waals surface area contributed by atoms with Crippen molar-refractivity contribution in [3.63, 3.8) is 0 Å². The van der Waals surface area contributed by atoms with Gasteiger partial charge in [-0.25, -0.2) is 17.6 Å². The van der Waals surface area contributed by atoms with Gasteiger partial charge in [0.2, 0.25) is 0 Å². The molecule has 1 aliphatic rings. The Bertz CT molecular complexity index is 2050. The Hall–Kier alpha value is -5.36. The highest BCUT2D eigenvalue weighted by Crippen LogP contribution is 2.45. The molecule has 5 rings (SSSR count). The number of carboxylic acid groups (broad SMARTS) is 1. The Balaban J connectivity index is 0.000000281. The van der Waals surface area contributed by atoms with Crippen LogP contribution in [-0.2, 0) is 17.8 Å². The van der Waals surface area contributed by atoms with Crippen LogP contribution in [0.15, 0.2) is 77.9 Å². The van der Waals surface area contributed by atoms with Crippen LogP contribution in [0.3, 0.4) is 0 Å². The number of rotatable bonds is 11. The van der Waals surface area contributed by atoms with Crippen LogP contribution in [0.2, 0.25) is 0 Å². The van der Waals surface area contributed by atoms with E-state index in [9.17, 15) is 22.4 Å². The minimum Gasteiger partial charge on any atom is -0.496 e. The number of carbonyl (C=O) groups is 1. The van der Waals surface area contributed by atoms with Crippen molar-refractivity contribution in [1.82, 2.24) is 4.90 Å². The lowest BCUT2D eigenvalue weighted by Gasteiger charge is -2.32. The van der Waals surface area contributed by atoms with Crippen LogP contribution in [0.5, 0.6) is 11.5 Å². The summed E-state index contributed by atoms with van der Waals surface area (Å²) in [5, 5.41) is 11.1. The minimum atomic E-state index is -2.59. The molecule has 5 N–H and O–H groups in total.